The zero-order chi connectivity index (χ0) is 23.6. The van der Waals surface area contributed by atoms with Gasteiger partial charge in [0.05, 0.1) is 29.6 Å². The molecule has 0 aliphatic heterocycles. The lowest BCUT2D eigenvalue weighted by Crippen LogP contribution is -2.48. The molecule has 1 aromatic heterocycles. The number of nitrogens with one attached hydrogen (secondary N) is 1. The van der Waals surface area contributed by atoms with E-state index in [-0.39, 0.29) is 5.69 Å². The van der Waals surface area contributed by atoms with E-state index in [9.17, 15) is 14.7 Å². The number of esters is 1. The molecule has 0 spiro atoms. The maximum Gasteiger partial charge on any atom is 0.331 e. The van der Waals surface area contributed by atoms with Crippen LogP contribution in [0.25, 0.3) is 16.9 Å². The standard InChI is InChI=1S/C22H20Cl3N3O4/c1-11-18(21(30)26-19(12(2)29)22(31)32-3)27-28(17-9-8-15(24)10-16(17)25)20(11)13-4-6-14(23)7-5-13/h4-10,12,19,29H,1-3H3,(H,26,30). The van der Waals surface area contributed by atoms with E-state index < -0.39 is 24.0 Å². The van der Waals surface area contributed by atoms with Gasteiger partial charge in [0, 0.05) is 21.2 Å². The molecule has 32 heavy (non-hydrogen) atoms. The van der Waals surface area contributed by atoms with Crippen LogP contribution in [0.1, 0.15) is 23.0 Å². The molecular formula is C22H20Cl3N3O4. The first-order valence-corrected chi connectivity index (χ1v) is 10.6. The molecule has 3 aromatic rings. The van der Waals surface area contributed by atoms with Crippen LogP contribution in [0.3, 0.4) is 0 Å². The van der Waals surface area contributed by atoms with Gasteiger partial charge in [0.1, 0.15) is 0 Å². The van der Waals surface area contributed by atoms with Gasteiger partial charge in [-0.2, -0.15) is 5.10 Å². The third-order valence-electron chi connectivity index (χ3n) is 4.82. The largest absolute Gasteiger partial charge is 0.467 e. The average Bonchev–Trinajstić information content (AvgIpc) is 3.08. The second-order valence-corrected chi connectivity index (χ2v) is 8.33. The van der Waals surface area contributed by atoms with E-state index in [0.29, 0.717) is 32.0 Å². The summed E-state index contributed by atoms with van der Waals surface area (Å²) in [4.78, 5) is 25.0. The second-order valence-electron chi connectivity index (χ2n) is 7.05. The van der Waals surface area contributed by atoms with E-state index in [1.165, 1.54) is 18.7 Å². The van der Waals surface area contributed by atoms with Crippen LogP contribution in [0, 0.1) is 6.92 Å². The zero-order valence-electron chi connectivity index (χ0n) is 17.4. The van der Waals surface area contributed by atoms with Crippen molar-refractivity contribution < 1.29 is 19.4 Å². The summed E-state index contributed by atoms with van der Waals surface area (Å²) < 4.78 is 6.19. The number of halogens is 3. The number of ether oxygens (including phenoxy) is 1. The number of rotatable bonds is 6. The summed E-state index contributed by atoms with van der Waals surface area (Å²) in [5.74, 6) is -1.43. The third-order valence-corrected chi connectivity index (χ3v) is 5.61. The number of methoxy groups -OCH3 is 1. The first kappa shape index (κ1) is 24.1. The Kier molecular flexibility index (Phi) is 7.46. The molecule has 7 nitrogen and oxygen atoms in total. The summed E-state index contributed by atoms with van der Waals surface area (Å²) in [7, 11) is 1.17. The minimum absolute atomic E-state index is 0.0514. The number of aromatic nitrogens is 2. The highest BCUT2D eigenvalue weighted by molar-refractivity contribution is 6.35. The highest BCUT2D eigenvalue weighted by Gasteiger charge is 2.30. The molecule has 2 atom stereocenters. The highest BCUT2D eigenvalue weighted by Crippen LogP contribution is 2.33. The Labute approximate surface area is 199 Å². The molecule has 2 aromatic carbocycles. The van der Waals surface area contributed by atoms with E-state index in [0.717, 1.165) is 5.56 Å². The molecule has 2 N–H and O–H groups in total. The van der Waals surface area contributed by atoms with Gasteiger partial charge >= 0.3 is 5.97 Å². The molecule has 0 bridgehead atoms. The minimum Gasteiger partial charge on any atom is -0.467 e. The quantitative estimate of drug-likeness (QED) is 0.492. The molecule has 0 radical (unpaired) electrons. The number of hydrogen-bond donors (Lipinski definition) is 2. The van der Waals surface area contributed by atoms with Crippen molar-refractivity contribution in [2.75, 3.05) is 7.11 Å². The van der Waals surface area contributed by atoms with Crippen molar-refractivity contribution in [3.8, 4) is 16.9 Å². The fourth-order valence-corrected chi connectivity index (χ4v) is 3.81. The van der Waals surface area contributed by atoms with Gasteiger partial charge in [-0.1, -0.05) is 46.9 Å². The van der Waals surface area contributed by atoms with Crippen molar-refractivity contribution in [3.63, 3.8) is 0 Å². The molecule has 0 saturated heterocycles. The van der Waals surface area contributed by atoms with Gasteiger partial charge in [0.25, 0.3) is 5.91 Å². The van der Waals surface area contributed by atoms with Crippen molar-refractivity contribution in [2.45, 2.75) is 26.0 Å². The number of aliphatic hydroxyl groups excluding tert-OH is 1. The van der Waals surface area contributed by atoms with Gasteiger partial charge in [-0.3, -0.25) is 4.79 Å². The molecule has 1 amide bonds. The van der Waals surface area contributed by atoms with Crippen LogP contribution in [0.15, 0.2) is 42.5 Å². The summed E-state index contributed by atoms with van der Waals surface area (Å²) in [5.41, 5.74) is 2.43. The van der Waals surface area contributed by atoms with Crippen molar-refractivity contribution in [1.29, 1.82) is 0 Å². The third kappa shape index (κ3) is 4.91. The van der Waals surface area contributed by atoms with Crippen LogP contribution in [-0.4, -0.2) is 46.0 Å². The maximum absolute atomic E-state index is 13.0. The fraction of sp³-hybridized carbons (Fsp3) is 0.227. The SMILES string of the molecule is COC(=O)C(NC(=O)c1nn(-c2ccc(Cl)cc2Cl)c(-c2ccc(Cl)cc2)c1C)C(C)O. The fourth-order valence-electron chi connectivity index (χ4n) is 3.20. The van der Waals surface area contributed by atoms with Crippen LogP contribution in [0.2, 0.25) is 15.1 Å². The van der Waals surface area contributed by atoms with Gasteiger partial charge < -0.3 is 15.2 Å². The molecule has 0 aliphatic carbocycles. The molecule has 1 heterocycles. The monoisotopic (exact) mass is 495 g/mol. The Morgan fingerprint density at radius 2 is 1.72 bits per heavy atom. The Bertz CT molecular complexity index is 1160. The molecule has 0 fully saturated rings. The van der Waals surface area contributed by atoms with Crippen molar-refractivity contribution >= 4 is 46.7 Å². The summed E-state index contributed by atoms with van der Waals surface area (Å²) in [6, 6.07) is 10.7. The van der Waals surface area contributed by atoms with E-state index in [1.807, 2.05) is 0 Å². The molecule has 2 unspecified atom stereocenters. The summed E-state index contributed by atoms with van der Waals surface area (Å²) in [5, 5.41) is 18.2. The highest BCUT2D eigenvalue weighted by atomic mass is 35.5. The van der Waals surface area contributed by atoms with E-state index >= 15 is 0 Å². The number of benzene rings is 2. The number of aliphatic hydroxyl groups is 1. The predicted octanol–water partition coefficient (Wildman–Crippen LogP) is 4.46. The Morgan fingerprint density at radius 1 is 1.09 bits per heavy atom. The summed E-state index contributed by atoms with van der Waals surface area (Å²) >= 11 is 18.5. The van der Waals surface area contributed by atoms with Crippen LogP contribution in [0.4, 0.5) is 0 Å². The second kappa shape index (κ2) is 9.92. The number of carbonyl (C=O) groups is 2. The lowest BCUT2D eigenvalue weighted by Gasteiger charge is -2.18. The first-order valence-electron chi connectivity index (χ1n) is 9.51. The van der Waals surface area contributed by atoms with Gasteiger partial charge in [0.15, 0.2) is 11.7 Å². The van der Waals surface area contributed by atoms with Crippen molar-refractivity contribution in [1.82, 2.24) is 15.1 Å². The Balaban J connectivity index is 2.15. The van der Waals surface area contributed by atoms with Gasteiger partial charge in [0.2, 0.25) is 0 Å². The van der Waals surface area contributed by atoms with Gasteiger partial charge in [-0.05, 0) is 44.2 Å². The van der Waals surface area contributed by atoms with Gasteiger partial charge in [-0.25, -0.2) is 9.48 Å². The molecule has 0 saturated carbocycles. The Hall–Kier alpha value is -2.58. The van der Waals surface area contributed by atoms with Crippen LogP contribution in [-0.2, 0) is 9.53 Å². The number of nitrogens with zero attached hydrogens (tertiary/aromatic N) is 2. The zero-order valence-corrected chi connectivity index (χ0v) is 19.7. The molecule has 3 rings (SSSR count). The topological polar surface area (TPSA) is 93.5 Å². The lowest BCUT2D eigenvalue weighted by atomic mass is 10.1. The van der Waals surface area contributed by atoms with Gasteiger partial charge in [-0.15, -0.1) is 0 Å². The Morgan fingerprint density at radius 3 is 2.28 bits per heavy atom. The van der Waals surface area contributed by atoms with E-state index in [2.05, 4.69) is 15.2 Å². The molecular weight excluding hydrogens is 477 g/mol. The molecule has 0 aliphatic rings. The summed E-state index contributed by atoms with van der Waals surface area (Å²) in [6.45, 7) is 3.10. The smallest absolute Gasteiger partial charge is 0.331 e. The molecule has 168 valence electrons. The normalized spacial score (nSPS) is 12.8. The minimum atomic E-state index is -1.25. The van der Waals surface area contributed by atoms with Crippen molar-refractivity contribution in [2.24, 2.45) is 0 Å². The number of amides is 1. The maximum atomic E-state index is 13.0. The van der Waals surface area contributed by atoms with E-state index in [4.69, 9.17) is 34.8 Å². The van der Waals surface area contributed by atoms with Crippen LogP contribution < -0.4 is 5.32 Å². The van der Waals surface area contributed by atoms with Crippen LogP contribution in [0.5, 0.6) is 0 Å². The predicted molar refractivity (Wildman–Crippen MR) is 124 cm³/mol. The number of carbonyl (C=O) groups excluding carboxylic acids is 2. The summed E-state index contributed by atoms with van der Waals surface area (Å²) in [6.07, 6.45) is -1.17. The number of hydrogen-bond acceptors (Lipinski definition) is 5. The lowest BCUT2D eigenvalue weighted by molar-refractivity contribution is -0.145. The molecule has 10 heteroatoms. The van der Waals surface area contributed by atoms with E-state index in [1.54, 1.807) is 49.4 Å². The van der Waals surface area contributed by atoms with Crippen LogP contribution >= 0.6 is 34.8 Å². The average molecular weight is 497 g/mol. The first-order chi connectivity index (χ1) is 15.1. The van der Waals surface area contributed by atoms with Crippen molar-refractivity contribution in [3.05, 3.63) is 68.8 Å².